The summed E-state index contributed by atoms with van der Waals surface area (Å²) in [6, 6.07) is 6.67. The van der Waals surface area contributed by atoms with E-state index in [0.717, 1.165) is 0 Å². The van der Waals surface area contributed by atoms with E-state index in [1.54, 1.807) is 31.2 Å². The largest absolute Gasteiger partial charge is 0.485 e. The summed E-state index contributed by atoms with van der Waals surface area (Å²) in [5.41, 5.74) is 0.299. The van der Waals surface area contributed by atoms with Crippen molar-refractivity contribution in [3.63, 3.8) is 0 Å². The van der Waals surface area contributed by atoms with Gasteiger partial charge in [-0.2, -0.15) is 4.98 Å². The van der Waals surface area contributed by atoms with Crippen LogP contribution in [0.15, 0.2) is 28.8 Å². The highest BCUT2D eigenvalue weighted by Gasteiger charge is 2.21. The fourth-order valence-corrected chi connectivity index (χ4v) is 2.17. The minimum absolute atomic E-state index is 0.0499. The number of ether oxygens (including phenoxy) is 1. The van der Waals surface area contributed by atoms with Crippen LogP contribution >= 0.6 is 0 Å². The van der Waals surface area contributed by atoms with E-state index in [9.17, 15) is 9.59 Å². The third-order valence-electron chi connectivity index (χ3n) is 3.15. The average molecular weight is 333 g/mol. The number of aromatic nitrogens is 2. The molecule has 8 heteroatoms. The highest BCUT2D eigenvalue weighted by molar-refractivity contribution is 5.98. The molecule has 0 unspecified atom stereocenters. The molecule has 1 aromatic heterocycles. The first-order chi connectivity index (χ1) is 11.5. The van der Waals surface area contributed by atoms with Crippen molar-refractivity contribution < 1.29 is 24.0 Å². The Balaban J connectivity index is 2.16. The van der Waals surface area contributed by atoms with Crippen LogP contribution in [0.1, 0.15) is 35.4 Å². The molecule has 0 bridgehead atoms. The Bertz CT molecular complexity index is 713. The van der Waals surface area contributed by atoms with Gasteiger partial charge in [0.15, 0.2) is 6.61 Å². The van der Waals surface area contributed by atoms with Gasteiger partial charge in [0.1, 0.15) is 12.3 Å². The van der Waals surface area contributed by atoms with Crippen molar-refractivity contribution in [3.05, 3.63) is 41.5 Å². The third kappa shape index (κ3) is 4.55. The number of rotatable bonds is 8. The highest BCUT2D eigenvalue weighted by atomic mass is 16.5. The van der Waals surface area contributed by atoms with Crippen LogP contribution in [0.2, 0.25) is 0 Å². The fraction of sp³-hybridized carbons (Fsp3) is 0.375. The van der Waals surface area contributed by atoms with Gasteiger partial charge >= 0.3 is 5.97 Å². The minimum Gasteiger partial charge on any atom is -0.485 e. The van der Waals surface area contributed by atoms with Crippen molar-refractivity contribution in [3.8, 4) is 5.75 Å². The van der Waals surface area contributed by atoms with Crippen molar-refractivity contribution >= 4 is 11.9 Å². The molecule has 8 nitrogen and oxygen atoms in total. The molecular weight excluding hydrogens is 314 g/mol. The van der Waals surface area contributed by atoms with E-state index in [-0.39, 0.29) is 19.1 Å². The lowest BCUT2D eigenvalue weighted by atomic mass is 10.1. The van der Waals surface area contributed by atoms with Crippen LogP contribution < -0.4 is 4.74 Å². The van der Waals surface area contributed by atoms with Gasteiger partial charge in [0, 0.05) is 13.5 Å². The number of carbonyl (C=O) groups excluding carboxylic acids is 1. The van der Waals surface area contributed by atoms with E-state index < -0.39 is 5.97 Å². The number of aryl methyl sites for hydroxylation is 1. The number of aliphatic carboxylic acids is 1. The van der Waals surface area contributed by atoms with Crippen molar-refractivity contribution in [1.29, 1.82) is 0 Å². The monoisotopic (exact) mass is 333 g/mol. The van der Waals surface area contributed by atoms with Gasteiger partial charge in [0.2, 0.25) is 11.7 Å². The van der Waals surface area contributed by atoms with Gasteiger partial charge in [-0.05, 0) is 18.6 Å². The first-order valence-corrected chi connectivity index (χ1v) is 7.53. The van der Waals surface area contributed by atoms with Crippen LogP contribution in [-0.2, 0) is 11.4 Å². The molecule has 128 valence electrons. The van der Waals surface area contributed by atoms with Crippen LogP contribution in [0.5, 0.6) is 5.75 Å². The van der Waals surface area contributed by atoms with E-state index in [4.69, 9.17) is 14.4 Å². The fourth-order valence-electron chi connectivity index (χ4n) is 2.17. The van der Waals surface area contributed by atoms with E-state index in [0.29, 0.717) is 36.0 Å². The Labute approximate surface area is 139 Å². The molecule has 1 aromatic carbocycles. The molecule has 24 heavy (non-hydrogen) atoms. The van der Waals surface area contributed by atoms with E-state index in [1.807, 2.05) is 6.92 Å². The summed E-state index contributed by atoms with van der Waals surface area (Å²) in [5.74, 6) is -0.313. The molecule has 0 radical (unpaired) electrons. The molecule has 2 rings (SSSR count). The van der Waals surface area contributed by atoms with Crippen LogP contribution in [0.4, 0.5) is 0 Å². The number of carbonyl (C=O) groups is 2. The quantitative estimate of drug-likeness (QED) is 0.786. The van der Waals surface area contributed by atoms with E-state index in [1.165, 1.54) is 4.90 Å². The van der Waals surface area contributed by atoms with Gasteiger partial charge in [0.05, 0.1) is 5.56 Å². The molecule has 0 saturated heterocycles. The van der Waals surface area contributed by atoms with Gasteiger partial charge in [-0.1, -0.05) is 24.2 Å². The maximum atomic E-state index is 12.6. The Morgan fingerprint density at radius 3 is 2.71 bits per heavy atom. The lowest BCUT2D eigenvalue weighted by Crippen LogP contribution is -2.36. The molecule has 0 aliphatic heterocycles. The van der Waals surface area contributed by atoms with Crippen LogP contribution in [0.3, 0.4) is 0 Å². The molecule has 0 atom stereocenters. The maximum absolute atomic E-state index is 12.6. The predicted molar refractivity (Wildman–Crippen MR) is 83.6 cm³/mol. The molecule has 1 amide bonds. The Morgan fingerprint density at radius 1 is 1.33 bits per heavy atom. The molecule has 1 heterocycles. The third-order valence-corrected chi connectivity index (χ3v) is 3.15. The van der Waals surface area contributed by atoms with Crippen LogP contribution in [0, 0.1) is 6.92 Å². The van der Waals surface area contributed by atoms with Gasteiger partial charge < -0.3 is 19.3 Å². The van der Waals surface area contributed by atoms with Crippen LogP contribution in [-0.4, -0.2) is 45.1 Å². The van der Waals surface area contributed by atoms with Crippen molar-refractivity contribution in [2.75, 3.05) is 13.1 Å². The maximum Gasteiger partial charge on any atom is 0.323 e. The number of amides is 1. The van der Waals surface area contributed by atoms with Gasteiger partial charge in [-0.25, -0.2) is 0 Å². The van der Waals surface area contributed by atoms with Crippen molar-refractivity contribution in [1.82, 2.24) is 15.0 Å². The summed E-state index contributed by atoms with van der Waals surface area (Å²) in [4.78, 5) is 28.9. The minimum atomic E-state index is -1.06. The Morgan fingerprint density at radius 2 is 2.08 bits per heavy atom. The zero-order valence-corrected chi connectivity index (χ0v) is 13.6. The first-order valence-electron chi connectivity index (χ1n) is 7.53. The second-order valence-corrected chi connectivity index (χ2v) is 5.13. The van der Waals surface area contributed by atoms with Crippen molar-refractivity contribution in [2.24, 2.45) is 0 Å². The smallest absolute Gasteiger partial charge is 0.323 e. The Kier molecular flexibility index (Phi) is 5.89. The first kappa shape index (κ1) is 17.5. The predicted octanol–water partition coefficient (Wildman–Crippen LogP) is 1.89. The van der Waals surface area contributed by atoms with Gasteiger partial charge in [0.25, 0.3) is 5.91 Å². The molecule has 1 N–H and O–H groups in total. The number of benzene rings is 1. The molecule has 0 aliphatic rings. The molecule has 0 aliphatic carbocycles. The molecule has 0 spiro atoms. The number of carboxylic acid groups (broad SMARTS) is 1. The molecular formula is C16H19N3O5. The number of hydrogen-bond acceptors (Lipinski definition) is 6. The SMILES string of the molecule is CCCN(CC(=O)O)C(=O)c1ccccc1OCc1noc(C)n1. The van der Waals surface area contributed by atoms with E-state index in [2.05, 4.69) is 10.1 Å². The zero-order valence-electron chi connectivity index (χ0n) is 13.6. The topological polar surface area (TPSA) is 106 Å². The summed E-state index contributed by atoms with van der Waals surface area (Å²) >= 11 is 0. The number of nitrogens with zero attached hydrogens (tertiary/aromatic N) is 3. The second-order valence-electron chi connectivity index (χ2n) is 5.13. The van der Waals surface area contributed by atoms with Gasteiger partial charge in [-0.15, -0.1) is 0 Å². The average Bonchev–Trinajstić information content (AvgIpc) is 2.97. The highest BCUT2D eigenvalue weighted by Crippen LogP contribution is 2.21. The normalized spacial score (nSPS) is 10.4. The van der Waals surface area contributed by atoms with Crippen molar-refractivity contribution in [2.45, 2.75) is 26.9 Å². The number of para-hydroxylation sites is 1. The summed E-state index contributed by atoms with van der Waals surface area (Å²) < 4.78 is 10.5. The Hall–Kier alpha value is -2.90. The second kappa shape index (κ2) is 8.09. The lowest BCUT2D eigenvalue weighted by molar-refractivity contribution is -0.137. The standard InChI is InChI=1S/C16H19N3O5/c1-3-8-19(9-15(20)21)16(22)12-6-4-5-7-13(12)23-10-14-17-11(2)24-18-14/h4-7H,3,8-10H2,1-2H3,(H,20,21). The lowest BCUT2D eigenvalue weighted by Gasteiger charge is -2.21. The number of hydrogen-bond donors (Lipinski definition) is 1. The molecule has 0 fully saturated rings. The zero-order chi connectivity index (χ0) is 17.5. The summed E-state index contributed by atoms with van der Waals surface area (Å²) in [7, 11) is 0. The summed E-state index contributed by atoms with van der Waals surface area (Å²) in [6.07, 6.45) is 0.657. The summed E-state index contributed by atoms with van der Waals surface area (Å²) in [5, 5.41) is 12.7. The summed E-state index contributed by atoms with van der Waals surface area (Å²) in [6.45, 7) is 3.59. The molecule has 0 saturated carbocycles. The van der Waals surface area contributed by atoms with Crippen LogP contribution in [0.25, 0.3) is 0 Å². The molecule has 2 aromatic rings. The number of carboxylic acids is 1. The van der Waals surface area contributed by atoms with E-state index >= 15 is 0 Å². The van der Waals surface area contributed by atoms with Gasteiger partial charge in [-0.3, -0.25) is 9.59 Å².